The second kappa shape index (κ2) is 11.2. The van der Waals surface area contributed by atoms with Crippen LogP contribution in [0.25, 0.3) is 22.1 Å². The van der Waals surface area contributed by atoms with Crippen LogP contribution >= 0.6 is 0 Å². The molecule has 4 rings (SSSR count). The lowest BCUT2D eigenvalue weighted by Crippen LogP contribution is -2.09. The molecule has 0 spiro atoms. The number of furan rings is 1. The van der Waals surface area contributed by atoms with Gasteiger partial charge in [0.15, 0.2) is 0 Å². The molecule has 0 amide bonds. The van der Waals surface area contributed by atoms with Gasteiger partial charge in [-0.2, -0.15) is 0 Å². The van der Waals surface area contributed by atoms with Crippen LogP contribution in [0.5, 0.6) is 5.75 Å². The summed E-state index contributed by atoms with van der Waals surface area (Å²) in [5, 5.41) is 0.914. The first kappa shape index (κ1) is 24.4. The molecule has 1 aromatic heterocycles. The lowest BCUT2D eigenvalue weighted by atomic mass is 9.99. The number of methoxy groups -OCH3 is 1. The molecular formula is C28H28FNO5. The Morgan fingerprint density at radius 1 is 1.03 bits per heavy atom. The number of halogens is 1. The summed E-state index contributed by atoms with van der Waals surface area (Å²) in [5.41, 5.74) is 10.8. The molecule has 0 saturated carbocycles. The second-order valence-corrected chi connectivity index (χ2v) is 8.13. The molecule has 0 atom stereocenters. The van der Waals surface area contributed by atoms with Crippen LogP contribution in [0.15, 0.2) is 65.1 Å². The predicted molar refractivity (Wildman–Crippen MR) is 131 cm³/mol. The second-order valence-electron chi connectivity index (χ2n) is 8.13. The molecule has 35 heavy (non-hydrogen) atoms. The van der Waals surface area contributed by atoms with E-state index >= 15 is 0 Å². The monoisotopic (exact) mass is 477 g/mol. The van der Waals surface area contributed by atoms with E-state index < -0.39 is 11.8 Å². The number of hydrogen-bond acceptors (Lipinski definition) is 6. The minimum absolute atomic E-state index is 0.0702. The normalized spacial score (nSPS) is 11.1. The van der Waals surface area contributed by atoms with E-state index in [1.807, 2.05) is 42.5 Å². The third-order valence-corrected chi connectivity index (χ3v) is 5.54. The number of rotatable bonds is 10. The maximum absolute atomic E-state index is 13.9. The highest BCUT2D eigenvalue weighted by atomic mass is 19.1. The zero-order valence-corrected chi connectivity index (χ0v) is 19.8. The number of benzene rings is 3. The van der Waals surface area contributed by atoms with Crippen LogP contribution in [0, 0.1) is 5.82 Å². The summed E-state index contributed by atoms with van der Waals surface area (Å²) in [6, 6.07) is 18.1. The van der Waals surface area contributed by atoms with Crippen LogP contribution in [0.2, 0.25) is 0 Å². The zero-order chi connectivity index (χ0) is 24.8. The molecule has 0 unspecified atom stereocenters. The smallest absolute Gasteiger partial charge is 0.310 e. The first-order chi connectivity index (χ1) is 17.0. The number of nitrogens with two attached hydrogens (primary N) is 1. The highest BCUT2D eigenvalue weighted by Crippen LogP contribution is 2.34. The molecular weight excluding hydrogens is 449 g/mol. The first-order valence-corrected chi connectivity index (χ1v) is 11.4. The van der Waals surface area contributed by atoms with Crippen molar-refractivity contribution in [2.75, 3.05) is 13.7 Å². The molecule has 0 fully saturated rings. The maximum Gasteiger partial charge on any atom is 0.310 e. The van der Waals surface area contributed by atoms with Gasteiger partial charge in [0.05, 0.1) is 13.0 Å². The van der Waals surface area contributed by atoms with E-state index in [4.69, 9.17) is 24.4 Å². The van der Waals surface area contributed by atoms with Crippen molar-refractivity contribution < 1.29 is 27.8 Å². The molecule has 0 aliphatic rings. The lowest BCUT2D eigenvalue weighted by Gasteiger charge is -2.13. The largest absolute Gasteiger partial charge is 0.489 e. The molecule has 0 aliphatic heterocycles. The average Bonchev–Trinajstić information content (AvgIpc) is 3.26. The van der Waals surface area contributed by atoms with Gasteiger partial charge in [0.2, 0.25) is 0 Å². The Morgan fingerprint density at radius 3 is 2.66 bits per heavy atom. The Morgan fingerprint density at radius 2 is 1.89 bits per heavy atom. The Bertz CT molecular complexity index is 1330. The molecule has 182 valence electrons. The predicted octanol–water partition coefficient (Wildman–Crippen LogP) is 5.53. The minimum Gasteiger partial charge on any atom is -0.489 e. The molecule has 6 nitrogen and oxygen atoms in total. The lowest BCUT2D eigenvalue weighted by molar-refractivity contribution is -0.142. The van der Waals surface area contributed by atoms with Crippen LogP contribution in [0.4, 0.5) is 4.39 Å². The summed E-state index contributed by atoms with van der Waals surface area (Å²) in [7, 11) is 1.62. The Hall–Kier alpha value is -3.68. The number of ether oxygens (including phenoxy) is 3. The standard InChI is InChI=1S/C28H28FNO5/c1-3-33-27(31)14-21-12-23(29)7-8-26(21)34-16-19-10-22-13-24(17-32-2)35-28(22)25(11-19)20-6-4-5-18(9-20)15-30/h4-13H,3,14-17,30H2,1-2H3. The van der Waals surface area contributed by atoms with Gasteiger partial charge in [-0.3, -0.25) is 4.79 Å². The Labute approximate surface area is 203 Å². The molecule has 0 saturated heterocycles. The molecule has 0 radical (unpaired) electrons. The number of carbonyl (C=O) groups excluding carboxylic acids is 1. The summed E-state index contributed by atoms with van der Waals surface area (Å²) in [4.78, 5) is 12.0. The van der Waals surface area contributed by atoms with E-state index in [0.29, 0.717) is 30.2 Å². The van der Waals surface area contributed by atoms with Crippen molar-refractivity contribution in [1.82, 2.24) is 0 Å². The number of hydrogen-bond donors (Lipinski definition) is 1. The quantitative estimate of drug-likeness (QED) is 0.303. The molecule has 0 aliphatic carbocycles. The van der Waals surface area contributed by atoms with E-state index in [9.17, 15) is 9.18 Å². The van der Waals surface area contributed by atoms with Gasteiger partial charge in [0.1, 0.15) is 36.1 Å². The van der Waals surface area contributed by atoms with Crippen LogP contribution < -0.4 is 10.5 Å². The SMILES string of the molecule is CCOC(=O)Cc1cc(F)ccc1OCc1cc(-c2cccc(CN)c2)c2oc(COC)cc2c1. The molecule has 4 aromatic rings. The molecule has 0 bridgehead atoms. The van der Waals surface area contributed by atoms with Crippen molar-refractivity contribution in [1.29, 1.82) is 0 Å². The molecule has 7 heteroatoms. The summed E-state index contributed by atoms with van der Waals surface area (Å²) in [6.45, 7) is 2.99. The highest BCUT2D eigenvalue weighted by Gasteiger charge is 2.15. The van der Waals surface area contributed by atoms with Gasteiger partial charge in [-0.1, -0.05) is 18.2 Å². The van der Waals surface area contributed by atoms with Crippen LogP contribution in [-0.2, 0) is 40.4 Å². The van der Waals surface area contributed by atoms with Crippen molar-refractivity contribution in [2.24, 2.45) is 5.73 Å². The minimum atomic E-state index is -0.441. The zero-order valence-electron chi connectivity index (χ0n) is 19.8. The summed E-state index contributed by atoms with van der Waals surface area (Å²) < 4.78 is 36.2. The maximum atomic E-state index is 13.9. The summed E-state index contributed by atoms with van der Waals surface area (Å²) >= 11 is 0. The highest BCUT2D eigenvalue weighted by molar-refractivity contribution is 5.93. The van der Waals surface area contributed by atoms with E-state index in [-0.39, 0.29) is 19.6 Å². The van der Waals surface area contributed by atoms with Crippen molar-refractivity contribution in [3.05, 3.63) is 88.9 Å². The van der Waals surface area contributed by atoms with Gasteiger partial charge in [0.25, 0.3) is 0 Å². The molecule has 2 N–H and O–H groups in total. The van der Waals surface area contributed by atoms with Crippen LogP contribution in [0.1, 0.15) is 29.4 Å². The van der Waals surface area contributed by atoms with E-state index in [1.165, 1.54) is 18.2 Å². The van der Waals surface area contributed by atoms with Gasteiger partial charge in [0, 0.05) is 30.2 Å². The number of fused-ring (bicyclic) bond motifs is 1. The molecule has 1 heterocycles. The van der Waals surface area contributed by atoms with E-state index in [2.05, 4.69) is 0 Å². The first-order valence-electron chi connectivity index (χ1n) is 11.4. The van der Waals surface area contributed by atoms with Gasteiger partial charge in [-0.15, -0.1) is 0 Å². The van der Waals surface area contributed by atoms with Crippen LogP contribution in [-0.4, -0.2) is 19.7 Å². The number of carbonyl (C=O) groups is 1. The Balaban J connectivity index is 1.68. The fraction of sp³-hybridized carbons (Fsp3) is 0.250. The van der Waals surface area contributed by atoms with Gasteiger partial charge >= 0.3 is 5.97 Å². The fourth-order valence-corrected chi connectivity index (χ4v) is 4.00. The van der Waals surface area contributed by atoms with Crippen molar-refractivity contribution in [3.8, 4) is 16.9 Å². The van der Waals surface area contributed by atoms with Gasteiger partial charge in [-0.25, -0.2) is 4.39 Å². The van der Waals surface area contributed by atoms with E-state index in [0.717, 1.165) is 33.2 Å². The summed E-state index contributed by atoms with van der Waals surface area (Å²) in [5.74, 6) is 0.269. The van der Waals surface area contributed by atoms with Gasteiger partial charge in [-0.05, 0) is 66.1 Å². The van der Waals surface area contributed by atoms with E-state index in [1.54, 1.807) is 14.0 Å². The average molecular weight is 478 g/mol. The Kier molecular flexibility index (Phi) is 7.80. The summed E-state index contributed by atoms with van der Waals surface area (Å²) in [6.07, 6.45) is -0.0702. The third kappa shape index (κ3) is 5.88. The van der Waals surface area contributed by atoms with Crippen molar-refractivity contribution in [2.45, 2.75) is 33.1 Å². The third-order valence-electron chi connectivity index (χ3n) is 5.54. The fourth-order valence-electron chi connectivity index (χ4n) is 4.00. The van der Waals surface area contributed by atoms with Crippen molar-refractivity contribution in [3.63, 3.8) is 0 Å². The molecule has 3 aromatic carbocycles. The van der Waals surface area contributed by atoms with Gasteiger partial charge < -0.3 is 24.4 Å². The van der Waals surface area contributed by atoms with Crippen LogP contribution in [0.3, 0.4) is 0 Å². The topological polar surface area (TPSA) is 83.9 Å². The number of esters is 1. The van der Waals surface area contributed by atoms with Crippen molar-refractivity contribution >= 4 is 16.9 Å².